The van der Waals surface area contributed by atoms with Gasteiger partial charge in [-0.15, -0.1) is 0 Å². The van der Waals surface area contributed by atoms with Crippen LogP contribution in [0.15, 0.2) is 12.7 Å². The number of nitrogens with zero attached hydrogens (tertiary/aromatic N) is 1. The van der Waals surface area contributed by atoms with Gasteiger partial charge in [-0.05, 0) is 6.42 Å². The first-order valence-electron chi connectivity index (χ1n) is 3.05. The van der Waals surface area contributed by atoms with Gasteiger partial charge >= 0.3 is 5.97 Å². The van der Waals surface area contributed by atoms with Crippen LogP contribution in [-0.2, 0) is 9.53 Å². The molecule has 0 rings (SSSR count). The Kier molecular flexibility index (Phi) is 12.6. The molecule has 0 unspecified atom stereocenters. The first-order valence-corrected chi connectivity index (χ1v) is 3.05. The molecule has 0 aliphatic rings. The highest BCUT2D eigenvalue weighted by Crippen LogP contribution is 1.81. The van der Waals surface area contributed by atoms with E-state index in [9.17, 15) is 4.79 Å². The van der Waals surface area contributed by atoms with E-state index in [1.165, 1.54) is 0 Å². The van der Waals surface area contributed by atoms with Gasteiger partial charge in [0.2, 0.25) is 0 Å². The number of ether oxygens (including phenoxy) is 1. The Hall–Kier alpha value is -1.50. The quantitative estimate of drug-likeness (QED) is 0.376. The minimum atomic E-state index is -0.341. The highest BCUT2D eigenvalue weighted by molar-refractivity contribution is 5.81. The molecule has 0 amide bonds. The topological polar surface area (TPSA) is 70.3 Å². The van der Waals surface area contributed by atoms with E-state index < -0.39 is 0 Å². The third-order valence-electron chi connectivity index (χ3n) is 0.615. The fourth-order valence-electron chi connectivity index (χ4n) is 0.262. The molecule has 0 saturated carbocycles. The van der Waals surface area contributed by atoms with Crippen molar-refractivity contribution in [3.8, 4) is 6.26 Å². The first-order chi connectivity index (χ1) is 5.22. The van der Waals surface area contributed by atoms with Crippen molar-refractivity contribution in [2.75, 3.05) is 6.61 Å². The molecule has 0 aliphatic carbocycles. The van der Waals surface area contributed by atoms with E-state index in [-0.39, 0.29) is 5.97 Å². The number of carbonyl (C=O) groups is 1. The van der Waals surface area contributed by atoms with Gasteiger partial charge in [0.25, 0.3) is 6.26 Å². The van der Waals surface area contributed by atoms with Crippen LogP contribution in [0.1, 0.15) is 13.3 Å². The molecule has 0 aromatic heterocycles. The SMILES string of the molecule is C=CC(=O)OCCC.N#CO. The van der Waals surface area contributed by atoms with E-state index in [4.69, 9.17) is 10.4 Å². The zero-order valence-corrected chi connectivity index (χ0v) is 6.41. The standard InChI is InChI=1S/C6H10O2.CHNO/c1-3-5-8-6(7)4-2;2-1-3/h4H,2-3,5H2,1H3;3H. The van der Waals surface area contributed by atoms with Crippen LogP contribution >= 0.6 is 0 Å². The number of rotatable bonds is 3. The maximum atomic E-state index is 10.2. The summed E-state index contributed by atoms with van der Waals surface area (Å²) in [5.41, 5.74) is 0. The summed E-state index contributed by atoms with van der Waals surface area (Å²) in [7, 11) is 0. The van der Waals surface area contributed by atoms with Gasteiger partial charge in [0.1, 0.15) is 0 Å². The summed E-state index contributed by atoms with van der Waals surface area (Å²) in [5.74, 6) is -0.341. The predicted molar refractivity (Wildman–Crippen MR) is 39.0 cm³/mol. The second-order valence-electron chi connectivity index (χ2n) is 1.47. The van der Waals surface area contributed by atoms with Crippen LogP contribution in [0.3, 0.4) is 0 Å². The molecular weight excluding hydrogens is 146 g/mol. The second kappa shape index (κ2) is 11.3. The van der Waals surface area contributed by atoms with Crippen molar-refractivity contribution in [3.05, 3.63) is 12.7 Å². The Balaban J connectivity index is 0. The number of esters is 1. The zero-order valence-electron chi connectivity index (χ0n) is 6.41. The lowest BCUT2D eigenvalue weighted by atomic mass is 10.5. The van der Waals surface area contributed by atoms with Crippen molar-refractivity contribution in [2.45, 2.75) is 13.3 Å². The van der Waals surface area contributed by atoms with Gasteiger partial charge in [-0.3, -0.25) is 0 Å². The van der Waals surface area contributed by atoms with Crippen LogP contribution in [0.2, 0.25) is 0 Å². The van der Waals surface area contributed by atoms with Crippen LogP contribution in [0.5, 0.6) is 0 Å². The molecule has 4 nitrogen and oxygen atoms in total. The minimum Gasteiger partial charge on any atom is -0.463 e. The molecule has 0 saturated heterocycles. The van der Waals surface area contributed by atoms with Crippen molar-refractivity contribution >= 4 is 5.97 Å². The monoisotopic (exact) mass is 157 g/mol. The molecule has 0 fully saturated rings. The van der Waals surface area contributed by atoms with Crippen molar-refractivity contribution in [1.29, 1.82) is 5.26 Å². The van der Waals surface area contributed by atoms with E-state index in [2.05, 4.69) is 11.3 Å². The average Bonchev–Trinajstić information content (AvgIpc) is 2.02. The van der Waals surface area contributed by atoms with E-state index in [1.54, 1.807) is 0 Å². The number of aliphatic hydroxyl groups excluding tert-OH is 1. The Morgan fingerprint density at radius 3 is 2.64 bits per heavy atom. The summed E-state index contributed by atoms with van der Waals surface area (Å²) in [4.78, 5) is 10.2. The lowest BCUT2D eigenvalue weighted by Crippen LogP contribution is -1.99. The fourth-order valence-corrected chi connectivity index (χ4v) is 0.262. The number of hydrogen-bond acceptors (Lipinski definition) is 4. The van der Waals surface area contributed by atoms with Crippen LogP contribution in [-0.4, -0.2) is 17.7 Å². The van der Waals surface area contributed by atoms with E-state index >= 15 is 0 Å². The molecule has 0 spiro atoms. The molecule has 4 heteroatoms. The minimum absolute atomic E-state index is 0.341. The third-order valence-corrected chi connectivity index (χ3v) is 0.615. The summed E-state index contributed by atoms with van der Waals surface area (Å²) in [6.45, 7) is 5.67. The third kappa shape index (κ3) is 17.7. The molecular formula is C7H11NO3. The summed E-state index contributed by atoms with van der Waals surface area (Å²) in [6.07, 6.45) is 2.77. The summed E-state index contributed by atoms with van der Waals surface area (Å²) < 4.78 is 4.58. The lowest BCUT2D eigenvalue weighted by Gasteiger charge is -1.94. The van der Waals surface area contributed by atoms with Crippen molar-refractivity contribution in [2.24, 2.45) is 0 Å². The molecule has 0 radical (unpaired) electrons. The highest BCUT2D eigenvalue weighted by atomic mass is 16.5. The first kappa shape index (κ1) is 12.2. The van der Waals surface area contributed by atoms with E-state index in [0.29, 0.717) is 6.61 Å². The predicted octanol–water partition coefficient (Wildman–Crippen LogP) is 0.966. The van der Waals surface area contributed by atoms with Crippen molar-refractivity contribution in [1.82, 2.24) is 0 Å². The molecule has 11 heavy (non-hydrogen) atoms. The molecule has 0 atom stereocenters. The maximum Gasteiger partial charge on any atom is 0.330 e. The average molecular weight is 157 g/mol. The van der Waals surface area contributed by atoms with E-state index in [1.807, 2.05) is 6.92 Å². The Morgan fingerprint density at radius 2 is 2.36 bits per heavy atom. The largest absolute Gasteiger partial charge is 0.463 e. The summed E-state index contributed by atoms with van der Waals surface area (Å²) in [6, 6.07) is 0. The molecule has 1 N–H and O–H groups in total. The molecule has 0 aromatic carbocycles. The Labute approximate surface area is 65.7 Å². The summed E-state index contributed by atoms with van der Waals surface area (Å²) in [5, 5.41) is 13.8. The zero-order chi connectivity index (χ0) is 9.11. The van der Waals surface area contributed by atoms with Crippen molar-refractivity contribution in [3.63, 3.8) is 0 Å². The highest BCUT2D eigenvalue weighted by Gasteiger charge is 1.89. The van der Waals surface area contributed by atoms with Gasteiger partial charge in [-0.2, -0.15) is 5.26 Å². The van der Waals surface area contributed by atoms with Gasteiger partial charge in [-0.1, -0.05) is 13.5 Å². The number of aliphatic hydroxyl groups is 1. The van der Waals surface area contributed by atoms with Gasteiger partial charge in [-0.25, -0.2) is 4.79 Å². The van der Waals surface area contributed by atoms with Crippen LogP contribution in [0.25, 0.3) is 0 Å². The molecule has 62 valence electrons. The number of carbonyl (C=O) groups excluding carboxylic acids is 1. The van der Waals surface area contributed by atoms with E-state index in [0.717, 1.165) is 18.8 Å². The Bertz CT molecular complexity index is 148. The van der Waals surface area contributed by atoms with Gasteiger partial charge in [0.15, 0.2) is 0 Å². The van der Waals surface area contributed by atoms with Crippen LogP contribution in [0, 0.1) is 11.5 Å². The number of hydrogen-bond donors (Lipinski definition) is 1. The van der Waals surface area contributed by atoms with Crippen LogP contribution < -0.4 is 0 Å². The number of nitriles is 1. The van der Waals surface area contributed by atoms with Gasteiger partial charge < -0.3 is 9.84 Å². The molecule has 0 bridgehead atoms. The van der Waals surface area contributed by atoms with Crippen LogP contribution in [0.4, 0.5) is 0 Å². The fraction of sp³-hybridized carbons (Fsp3) is 0.429. The molecule has 0 heterocycles. The van der Waals surface area contributed by atoms with Crippen molar-refractivity contribution < 1.29 is 14.6 Å². The normalized spacial score (nSPS) is 6.55. The lowest BCUT2D eigenvalue weighted by molar-refractivity contribution is -0.137. The molecule has 0 aliphatic heterocycles. The smallest absolute Gasteiger partial charge is 0.330 e. The van der Waals surface area contributed by atoms with Gasteiger partial charge in [0, 0.05) is 6.08 Å². The Morgan fingerprint density at radius 1 is 1.91 bits per heavy atom. The summed E-state index contributed by atoms with van der Waals surface area (Å²) >= 11 is 0. The second-order valence-corrected chi connectivity index (χ2v) is 1.47. The van der Waals surface area contributed by atoms with Gasteiger partial charge in [0.05, 0.1) is 6.61 Å². The maximum absolute atomic E-state index is 10.2. The molecule has 0 aromatic rings.